The van der Waals surface area contributed by atoms with Crippen molar-refractivity contribution in [3.8, 4) is 0 Å². The highest BCUT2D eigenvalue weighted by Gasteiger charge is 2.13. The smallest absolute Gasteiger partial charge is 0.0107 e. The van der Waals surface area contributed by atoms with E-state index < -0.39 is 0 Å². The molecule has 0 saturated carbocycles. The third-order valence-electron chi connectivity index (χ3n) is 3.23. The Morgan fingerprint density at radius 2 is 2.12 bits per heavy atom. The molecule has 1 fully saturated rings. The van der Waals surface area contributed by atoms with Crippen molar-refractivity contribution < 1.29 is 0 Å². The quantitative estimate of drug-likeness (QED) is 0.832. The number of hydrogen-bond acceptors (Lipinski definition) is 2. The molecule has 2 rings (SSSR count). The maximum Gasteiger partial charge on any atom is 0.0107 e. The molecule has 16 heavy (non-hydrogen) atoms. The first kappa shape index (κ1) is 11.6. The molecule has 1 unspecified atom stereocenters. The van der Waals surface area contributed by atoms with Crippen molar-refractivity contribution in [3.05, 3.63) is 35.9 Å². The highest BCUT2D eigenvalue weighted by atomic mass is 15.2. The number of nitrogens with one attached hydrogen (secondary N) is 1. The average molecular weight is 218 g/mol. The lowest BCUT2D eigenvalue weighted by Gasteiger charge is -2.21. The van der Waals surface area contributed by atoms with E-state index in [2.05, 4.69) is 47.5 Å². The maximum atomic E-state index is 3.48. The third-order valence-corrected chi connectivity index (χ3v) is 3.23. The molecule has 1 aromatic carbocycles. The zero-order valence-electron chi connectivity index (χ0n) is 10.2. The van der Waals surface area contributed by atoms with Crippen LogP contribution in [-0.2, 0) is 6.42 Å². The molecular formula is C14H22N2. The van der Waals surface area contributed by atoms with Crippen LogP contribution in [0.1, 0.15) is 12.5 Å². The molecule has 0 aliphatic carbocycles. The predicted octanol–water partition coefficient (Wildman–Crippen LogP) is 1.77. The van der Waals surface area contributed by atoms with Crippen LogP contribution in [0.25, 0.3) is 0 Å². The van der Waals surface area contributed by atoms with E-state index in [4.69, 9.17) is 0 Å². The van der Waals surface area contributed by atoms with E-state index in [1.807, 2.05) is 0 Å². The molecule has 1 aliphatic heterocycles. The number of benzene rings is 1. The summed E-state index contributed by atoms with van der Waals surface area (Å²) in [5, 5.41) is 3.48. The fraction of sp³-hybridized carbons (Fsp3) is 0.571. The molecule has 2 heteroatoms. The van der Waals surface area contributed by atoms with Gasteiger partial charge in [-0.15, -0.1) is 0 Å². The summed E-state index contributed by atoms with van der Waals surface area (Å²) in [5.41, 5.74) is 1.45. The van der Waals surface area contributed by atoms with Gasteiger partial charge in [0, 0.05) is 26.2 Å². The van der Waals surface area contributed by atoms with Gasteiger partial charge in [-0.1, -0.05) is 37.3 Å². The first-order valence-corrected chi connectivity index (χ1v) is 6.31. The summed E-state index contributed by atoms with van der Waals surface area (Å²) in [6, 6.07) is 10.8. The molecule has 0 spiro atoms. The van der Waals surface area contributed by atoms with Crippen molar-refractivity contribution in [2.75, 3.05) is 32.7 Å². The summed E-state index contributed by atoms with van der Waals surface area (Å²) in [5.74, 6) is 0.776. The van der Waals surface area contributed by atoms with Gasteiger partial charge in [0.1, 0.15) is 0 Å². The summed E-state index contributed by atoms with van der Waals surface area (Å²) in [4.78, 5) is 2.58. The van der Waals surface area contributed by atoms with E-state index in [0.717, 1.165) is 12.5 Å². The van der Waals surface area contributed by atoms with Gasteiger partial charge < -0.3 is 10.2 Å². The highest BCUT2D eigenvalue weighted by Crippen LogP contribution is 2.05. The van der Waals surface area contributed by atoms with Crippen molar-refractivity contribution in [2.45, 2.75) is 13.3 Å². The molecule has 0 amide bonds. The normalized spacial score (nSPS) is 22.9. The van der Waals surface area contributed by atoms with Gasteiger partial charge in [0.25, 0.3) is 0 Å². The van der Waals surface area contributed by atoms with Gasteiger partial charge in [0.2, 0.25) is 0 Å². The Bertz CT molecular complexity index is 297. The second kappa shape index (κ2) is 6.02. The number of nitrogens with zero attached hydrogens (tertiary/aromatic N) is 1. The van der Waals surface area contributed by atoms with E-state index in [1.165, 1.54) is 38.2 Å². The van der Waals surface area contributed by atoms with Crippen LogP contribution in [0.4, 0.5) is 0 Å². The molecule has 0 radical (unpaired) electrons. The Kier molecular flexibility index (Phi) is 4.37. The predicted molar refractivity (Wildman–Crippen MR) is 68.6 cm³/mol. The van der Waals surface area contributed by atoms with Crippen LogP contribution in [0.5, 0.6) is 0 Å². The lowest BCUT2D eigenvalue weighted by Crippen LogP contribution is -2.31. The minimum atomic E-state index is 0.776. The van der Waals surface area contributed by atoms with E-state index in [9.17, 15) is 0 Å². The summed E-state index contributed by atoms with van der Waals surface area (Å²) in [7, 11) is 0. The summed E-state index contributed by atoms with van der Waals surface area (Å²) >= 11 is 0. The zero-order valence-corrected chi connectivity index (χ0v) is 10.2. The van der Waals surface area contributed by atoms with E-state index >= 15 is 0 Å². The van der Waals surface area contributed by atoms with Crippen LogP contribution >= 0.6 is 0 Å². The minimum absolute atomic E-state index is 0.776. The molecule has 1 atom stereocenters. The summed E-state index contributed by atoms with van der Waals surface area (Å²) in [6.45, 7) is 8.25. The summed E-state index contributed by atoms with van der Waals surface area (Å²) < 4.78 is 0. The maximum absolute atomic E-state index is 3.48. The van der Waals surface area contributed by atoms with Crippen LogP contribution in [0.3, 0.4) is 0 Å². The first-order chi connectivity index (χ1) is 7.84. The van der Waals surface area contributed by atoms with Gasteiger partial charge >= 0.3 is 0 Å². The van der Waals surface area contributed by atoms with Gasteiger partial charge in [0.05, 0.1) is 0 Å². The topological polar surface area (TPSA) is 15.3 Å². The molecule has 1 aliphatic rings. The Labute approximate surface area is 98.7 Å². The van der Waals surface area contributed by atoms with Crippen LogP contribution in [-0.4, -0.2) is 37.6 Å². The number of hydrogen-bond donors (Lipinski definition) is 1. The van der Waals surface area contributed by atoms with Gasteiger partial charge in [-0.2, -0.15) is 0 Å². The SMILES string of the molecule is CC1CNCCN(CCc2ccccc2)C1. The van der Waals surface area contributed by atoms with Crippen LogP contribution in [0.15, 0.2) is 30.3 Å². The fourth-order valence-electron chi connectivity index (χ4n) is 2.32. The molecule has 1 N–H and O–H groups in total. The van der Waals surface area contributed by atoms with Crippen LogP contribution in [0.2, 0.25) is 0 Å². The highest BCUT2D eigenvalue weighted by molar-refractivity contribution is 5.14. The Morgan fingerprint density at radius 3 is 2.94 bits per heavy atom. The second-order valence-electron chi connectivity index (χ2n) is 4.85. The largest absolute Gasteiger partial charge is 0.315 e. The van der Waals surface area contributed by atoms with Crippen molar-refractivity contribution in [2.24, 2.45) is 5.92 Å². The van der Waals surface area contributed by atoms with Gasteiger partial charge in [-0.3, -0.25) is 0 Å². The van der Waals surface area contributed by atoms with E-state index in [1.54, 1.807) is 0 Å². The van der Waals surface area contributed by atoms with E-state index in [0.29, 0.717) is 0 Å². The molecule has 88 valence electrons. The van der Waals surface area contributed by atoms with Gasteiger partial charge in [0.15, 0.2) is 0 Å². The van der Waals surface area contributed by atoms with Crippen molar-refractivity contribution >= 4 is 0 Å². The molecule has 1 saturated heterocycles. The first-order valence-electron chi connectivity index (χ1n) is 6.31. The van der Waals surface area contributed by atoms with Crippen molar-refractivity contribution in [1.82, 2.24) is 10.2 Å². The standard InChI is InChI=1S/C14H22N2/c1-13-11-15-8-10-16(12-13)9-7-14-5-3-2-4-6-14/h2-6,13,15H,7-12H2,1H3. The number of rotatable bonds is 3. The molecule has 0 bridgehead atoms. The third kappa shape index (κ3) is 3.62. The molecule has 0 aromatic heterocycles. The molecule has 1 heterocycles. The van der Waals surface area contributed by atoms with Gasteiger partial charge in [-0.25, -0.2) is 0 Å². The second-order valence-corrected chi connectivity index (χ2v) is 4.85. The Balaban J connectivity index is 1.80. The lowest BCUT2D eigenvalue weighted by atomic mass is 10.1. The Morgan fingerprint density at radius 1 is 1.31 bits per heavy atom. The van der Waals surface area contributed by atoms with Gasteiger partial charge in [-0.05, 0) is 24.4 Å². The zero-order chi connectivity index (χ0) is 11.2. The van der Waals surface area contributed by atoms with Crippen molar-refractivity contribution in [1.29, 1.82) is 0 Å². The van der Waals surface area contributed by atoms with Crippen LogP contribution in [0, 0.1) is 5.92 Å². The van der Waals surface area contributed by atoms with Crippen molar-refractivity contribution in [3.63, 3.8) is 0 Å². The molecular weight excluding hydrogens is 196 g/mol. The fourth-order valence-corrected chi connectivity index (χ4v) is 2.32. The van der Waals surface area contributed by atoms with E-state index in [-0.39, 0.29) is 0 Å². The lowest BCUT2D eigenvalue weighted by molar-refractivity contribution is 0.268. The average Bonchev–Trinajstić information content (AvgIpc) is 2.52. The molecule has 2 nitrogen and oxygen atoms in total. The Hall–Kier alpha value is -0.860. The monoisotopic (exact) mass is 218 g/mol. The molecule has 1 aromatic rings. The summed E-state index contributed by atoms with van der Waals surface area (Å²) in [6.07, 6.45) is 1.17. The van der Waals surface area contributed by atoms with Crippen LogP contribution < -0.4 is 5.32 Å². The minimum Gasteiger partial charge on any atom is -0.315 e.